The van der Waals surface area contributed by atoms with Crippen LogP contribution in [0.1, 0.15) is 114 Å². The van der Waals surface area contributed by atoms with Crippen molar-refractivity contribution in [3.05, 3.63) is 56.4 Å². The number of carbonyl (C=O) groups excluding carboxylic acids is 5. The summed E-state index contributed by atoms with van der Waals surface area (Å²) in [5.74, 6) is -0.747. The van der Waals surface area contributed by atoms with Gasteiger partial charge in [0.15, 0.2) is 22.9 Å². The molecule has 0 radical (unpaired) electrons. The van der Waals surface area contributed by atoms with Crippen LogP contribution in [0.3, 0.4) is 0 Å². The minimum atomic E-state index is -3.67. The lowest BCUT2D eigenvalue weighted by molar-refractivity contribution is -0.131. The molecule has 0 saturated carbocycles. The molecule has 0 bridgehead atoms. The zero-order valence-electron chi connectivity index (χ0n) is 38.4. The second-order valence-corrected chi connectivity index (χ2v) is 18.5. The van der Waals surface area contributed by atoms with Gasteiger partial charge < -0.3 is 44.4 Å². The third-order valence-electron chi connectivity index (χ3n) is 10.6. The van der Waals surface area contributed by atoms with E-state index in [0.717, 1.165) is 30.4 Å². The van der Waals surface area contributed by atoms with E-state index >= 15 is 0 Å². The molecule has 2 aromatic heterocycles. The molecule has 5 amide bonds. The van der Waals surface area contributed by atoms with Crippen LogP contribution in [0.4, 0.5) is 4.79 Å². The van der Waals surface area contributed by atoms with Crippen molar-refractivity contribution < 1.29 is 55.9 Å². The standard InChI is InChI=1S/C24H38N4O7.C17H22N4O4.CH4O3S/c1-7-8-13-34-21-18(29)11-12-28(26-23(32)35-24(3,4)5)20(21)22(31)25-14-17-9-10-19(30)27(17)15-16(2)33-6;1-2-3-8-25-16-12(22)6-7-21-15(16)17(24)20-9-11-4-5-14(23)19(11)10-13(20)18-21;1-5(2,3)4/h11-12,16-17H,7-10,13-15H2,1-6H3,(H,25,31)(H,26,32);6-7,11,13,18H,2-5,8-10H2,1H3;1H3,(H,2,3,4)/t16?,17-;11-,13?;/m00./s1. The number of hydrogen-bond acceptors (Lipinski definition) is 14. The van der Waals surface area contributed by atoms with Crippen LogP contribution in [0.15, 0.2) is 34.1 Å². The number of nitrogens with one attached hydrogen (secondary N) is 3. The maximum Gasteiger partial charge on any atom is 0.426 e. The van der Waals surface area contributed by atoms with E-state index in [0.29, 0.717) is 58.2 Å². The highest BCUT2D eigenvalue weighted by Gasteiger charge is 2.45. The molecule has 3 fully saturated rings. The number of rotatable bonds is 15. The fourth-order valence-electron chi connectivity index (χ4n) is 7.37. The van der Waals surface area contributed by atoms with Gasteiger partial charge in [0, 0.05) is 70.2 Å². The van der Waals surface area contributed by atoms with Gasteiger partial charge in [-0.1, -0.05) is 26.7 Å². The zero-order valence-corrected chi connectivity index (χ0v) is 39.2. The molecular weight excluding hydrogens is 873 g/mol. The van der Waals surface area contributed by atoms with Gasteiger partial charge in [0.1, 0.15) is 11.8 Å². The van der Waals surface area contributed by atoms with E-state index in [1.165, 1.54) is 18.3 Å². The lowest BCUT2D eigenvalue weighted by Gasteiger charge is -2.47. The highest BCUT2D eigenvalue weighted by Crippen LogP contribution is 2.30. The minimum Gasteiger partial charge on any atom is -0.487 e. The van der Waals surface area contributed by atoms with Gasteiger partial charge in [-0.25, -0.2) is 14.9 Å². The van der Waals surface area contributed by atoms with Crippen molar-refractivity contribution in [3.8, 4) is 11.5 Å². The Morgan fingerprint density at radius 1 is 0.908 bits per heavy atom. The zero-order chi connectivity index (χ0) is 48.2. The Kier molecular flexibility index (Phi) is 18.4. The summed E-state index contributed by atoms with van der Waals surface area (Å²) < 4.78 is 50.4. The third-order valence-corrected chi connectivity index (χ3v) is 10.6. The summed E-state index contributed by atoms with van der Waals surface area (Å²) in [6, 6.07) is 2.46. The number of carbonyl (C=O) groups is 5. The number of likely N-dealkylation sites (tertiary alicyclic amines) is 1. The topological polar surface area (TPSA) is 266 Å². The predicted molar refractivity (Wildman–Crippen MR) is 238 cm³/mol. The molecule has 0 spiro atoms. The Morgan fingerprint density at radius 2 is 1.51 bits per heavy atom. The number of fused-ring (bicyclic) bond motifs is 3. The Labute approximate surface area is 378 Å². The molecule has 362 valence electrons. The first kappa shape index (κ1) is 51.9. The van der Waals surface area contributed by atoms with Crippen LogP contribution in [0.25, 0.3) is 0 Å². The molecule has 0 aromatic carbocycles. The summed E-state index contributed by atoms with van der Waals surface area (Å²) in [6.07, 6.45) is 7.90. The number of aromatic nitrogens is 2. The van der Waals surface area contributed by atoms with Crippen LogP contribution in [0, 0.1) is 0 Å². The van der Waals surface area contributed by atoms with Crippen LogP contribution in [-0.2, 0) is 29.2 Å². The third kappa shape index (κ3) is 14.7. The number of ether oxygens (including phenoxy) is 4. The van der Waals surface area contributed by atoms with E-state index in [-0.39, 0.29) is 83.5 Å². The van der Waals surface area contributed by atoms with E-state index in [4.69, 9.17) is 23.5 Å². The lowest BCUT2D eigenvalue weighted by Crippen LogP contribution is -2.65. The van der Waals surface area contributed by atoms with Crippen molar-refractivity contribution in [2.75, 3.05) is 63.6 Å². The molecule has 23 heteroatoms. The molecule has 2 aromatic rings. The molecule has 0 aliphatic carbocycles. The Morgan fingerprint density at radius 3 is 2.12 bits per heavy atom. The first-order valence-electron chi connectivity index (χ1n) is 21.7. The first-order chi connectivity index (χ1) is 30.6. The van der Waals surface area contributed by atoms with E-state index in [9.17, 15) is 42.0 Å². The van der Waals surface area contributed by atoms with E-state index in [2.05, 4.69) is 16.2 Å². The number of amides is 5. The first-order valence-corrected chi connectivity index (χ1v) is 23.6. The average molecular weight is 937 g/mol. The van der Waals surface area contributed by atoms with E-state index in [1.807, 2.05) is 25.7 Å². The number of unbranched alkanes of at least 4 members (excludes halogenated alkanes) is 2. The van der Waals surface area contributed by atoms with Crippen molar-refractivity contribution in [2.24, 2.45) is 0 Å². The lowest BCUT2D eigenvalue weighted by atomic mass is 10.1. The largest absolute Gasteiger partial charge is 0.487 e. The quantitative estimate of drug-likeness (QED) is 0.147. The summed E-state index contributed by atoms with van der Waals surface area (Å²) in [7, 11) is -2.09. The monoisotopic (exact) mass is 936 g/mol. The molecule has 65 heavy (non-hydrogen) atoms. The van der Waals surface area contributed by atoms with Gasteiger partial charge in [-0.3, -0.25) is 38.0 Å². The molecule has 22 nitrogen and oxygen atoms in total. The van der Waals surface area contributed by atoms with Gasteiger partial charge in [0.2, 0.25) is 22.7 Å². The van der Waals surface area contributed by atoms with Crippen LogP contribution in [0.2, 0.25) is 0 Å². The number of piperazine rings is 1. The van der Waals surface area contributed by atoms with Crippen molar-refractivity contribution in [1.82, 2.24) is 29.4 Å². The molecule has 6 heterocycles. The summed E-state index contributed by atoms with van der Waals surface area (Å²) in [5, 5.41) is 2.80. The summed E-state index contributed by atoms with van der Waals surface area (Å²) in [6.45, 7) is 13.2. The Hall–Kier alpha value is -5.68. The fourth-order valence-corrected chi connectivity index (χ4v) is 7.37. The second kappa shape index (κ2) is 23.0. The van der Waals surface area contributed by atoms with Gasteiger partial charge in [0.05, 0.1) is 38.2 Å². The van der Waals surface area contributed by atoms with Gasteiger partial charge in [-0.2, -0.15) is 8.42 Å². The number of methoxy groups -OCH3 is 1. The van der Waals surface area contributed by atoms with Crippen molar-refractivity contribution in [2.45, 2.75) is 123 Å². The highest BCUT2D eigenvalue weighted by atomic mass is 32.2. The number of nitrogens with zero attached hydrogens (tertiary/aromatic N) is 5. The van der Waals surface area contributed by atoms with Gasteiger partial charge in [-0.15, -0.1) is 0 Å². The van der Waals surface area contributed by atoms with Gasteiger partial charge >= 0.3 is 6.09 Å². The molecule has 4 atom stereocenters. The van der Waals surface area contributed by atoms with Crippen LogP contribution >= 0.6 is 0 Å². The second-order valence-electron chi connectivity index (χ2n) is 17.0. The normalized spacial score (nSPS) is 19.3. The van der Waals surface area contributed by atoms with Gasteiger partial charge in [-0.05, 0) is 53.4 Å². The van der Waals surface area contributed by atoms with Gasteiger partial charge in [0.25, 0.3) is 21.9 Å². The average Bonchev–Trinajstić information content (AvgIpc) is 3.76. The predicted octanol–water partition coefficient (Wildman–Crippen LogP) is 2.12. The highest BCUT2D eigenvalue weighted by molar-refractivity contribution is 7.85. The molecule has 4 aliphatic rings. The Bertz CT molecular complexity index is 2250. The van der Waals surface area contributed by atoms with Crippen molar-refractivity contribution in [3.63, 3.8) is 0 Å². The summed E-state index contributed by atoms with van der Waals surface area (Å²) in [5.41, 5.74) is 4.27. The Balaban J connectivity index is 0.000000267. The summed E-state index contributed by atoms with van der Waals surface area (Å²) in [4.78, 5) is 93.1. The molecule has 2 unspecified atom stereocenters. The molecule has 3 saturated heterocycles. The number of pyridine rings is 2. The molecule has 4 aliphatic heterocycles. The smallest absolute Gasteiger partial charge is 0.426 e. The van der Waals surface area contributed by atoms with E-state index in [1.54, 1.807) is 48.6 Å². The minimum absolute atomic E-state index is 0.0000473. The molecular formula is C42H64N8O14S. The fraction of sp³-hybridized carbons (Fsp3) is 0.643. The van der Waals surface area contributed by atoms with Crippen LogP contribution < -0.4 is 36.5 Å². The SMILES string of the molecule is CCCCOc1c(C(=O)NC[C@@H]2CCC(=O)N2CC(C)OC)n(NC(=O)OC(C)(C)C)ccc1=O.CCCCOc1c2n(ccc1=O)NC1CN3C(=O)CC[C@H]3CN1C2=O.CS(=O)(=O)O. The van der Waals surface area contributed by atoms with Crippen LogP contribution in [-0.4, -0.2) is 149 Å². The molecule has 6 rings (SSSR count). The molecule has 4 N–H and O–H groups in total. The maximum atomic E-state index is 13.3. The maximum absolute atomic E-state index is 13.3. The number of hydrogen-bond donors (Lipinski definition) is 4. The van der Waals surface area contributed by atoms with Crippen molar-refractivity contribution in [1.29, 1.82) is 0 Å². The van der Waals surface area contributed by atoms with E-state index < -0.39 is 33.1 Å². The van der Waals surface area contributed by atoms with Crippen molar-refractivity contribution >= 4 is 39.8 Å². The summed E-state index contributed by atoms with van der Waals surface area (Å²) >= 11 is 0. The van der Waals surface area contributed by atoms with Crippen LogP contribution in [0.5, 0.6) is 11.5 Å².